The van der Waals surface area contributed by atoms with Crippen molar-refractivity contribution in [3.8, 4) is 0 Å². The van der Waals surface area contributed by atoms with Crippen LogP contribution in [0.2, 0.25) is 5.15 Å². The molecular formula is C15H17ClN4. The van der Waals surface area contributed by atoms with E-state index in [4.69, 9.17) is 11.6 Å². The SMILES string of the molecule is Cc1cccc(N2CCN(c3ccc(Cl)nn3)CC2)c1. The van der Waals surface area contributed by atoms with Crippen LogP contribution in [0.4, 0.5) is 11.5 Å². The summed E-state index contributed by atoms with van der Waals surface area (Å²) in [7, 11) is 0. The van der Waals surface area contributed by atoms with E-state index in [0.29, 0.717) is 5.15 Å². The van der Waals surface area contributed by atoms with Gasteiger partial charge in [-0.15, -0.1) is 10.2 Å². The predicted molar refractivity (Wildman–Crippen MR) is 82.6 cm³/mol. The molecule has 0 N–H and O–H groups in total. The number of hydrogen-bond acceptors (Lipinski definition) is 4. The Bertz CT molecular complexity index is 577. The summed E-state index contributed by atoms with van der Waals surface area (Å²) in [4.78, 5) is 4.66. The van der Waals surface area contributed by atoms with E-state index in [1.807, 2.05) is 6.07 Å². The Labute approximate surface area is 124 Å². The Kier molecular flexibility index (Phi) is 3.74. The van der Waals surface area contributed by atoms with E-state index in [1.165, 1.54) is 11.3 Å². The van der Waals surface area contributed by atoms with Crippen molar-refractivity contribution < 1.29 is 0 Å². The molecule has 0 spiro atoms. The molecule has 20 heavy (non-hydrogen) atoms. The Morgan fingerprint density at radius 2 is 1.70 bits per heavy atom. The quantitative estimate of drug-likeness (QED) is 0.851. The Hall–Kier alpha value is -1.81. The Morgan fingerprint density at radius 1 is 0.950 bits per heavy atom. The summed E-state index contributed by atoms with van der Waals surface area (Å²) in [6.45, 7) is 6.01. The van der Waals surface area contributed by atoms with Crippen molar-refractivity contribution in [2.24, 2.45) is 0 Å². The van der Waals surface area contributed by atoms with E-state index in [-0.39, 0.29) is 0 Å². The molecule has 0 aliphatic carbocycles. The molecule has 0 radical (unpaired) electrons. The third-order valence-corrected chi connectivity index (χ3v) is 3.79. The lowest BCUT2D eigenvalue weighted by molar-refractivity contribution is 0.643. The number of aryl methyl sites for hydroxylation is 1. The standard InChI is InChI=1S/C15H17ClN4/c1-12-3-2-4-13(11-12)19-7-9-20(10-8-19)15-6-5-14(16)17-18-15/h2-6,11H,7-10H2,1H3. The third kappa shape index (κ3) is 2.85. The van der Waals surface area contributed by atoms with Crippen LogP contribution >= 0.6 is 11.6 Å². The molecular weight excluding hydrogens is 272 g/mol. The van der Waals surface area contributed by atoms with Crippen molar-refractivity contribution in [2.45, 2.75) is 6.92 Å². The maximum atomic E-state index is 5.77. The average molecular weight is 289 g/mol. The van der Waals surface area contributed by atoms with Crippen LogP contribution in [0.15, 0.2) is 36.4 Å². The van der Waals surface area contributed by atoms with E-state index in [9.17, 15) is 0 Å². The number of hydrogen-bond donors (Lipinski definition) is 0. The smallest absolute Gasteiger partial charge is 0.151 e. The minimum Gasteiger partial charge on any atom is -0.368 e. The minimum atomic E-state index is 0.437. The maximum Gasteiger partial charge on any atom is 0.151 e. The summed E-state index contributed by atoms with van der Waals surface area (Å²) < 4.78 is 0. The fourth-order valence-electron chi connectivity index (χ4n) is 2.50. The Balaban J connectivity index is 1.66. The molecule has 3 rings (SSSR count). The van der Waals surface area contributed by atoms with Gasteiger partial charge in [-0.1, -0.05) is 23.7 Å². The molecule has 1 saturated heterocycles. The lowest BCUT2D eigenvalue weighted by atomic mass is 10.2. The van der Waals surface area contributed by atoms with Gasteiger partial charge in [0.05, 0.1) is 0 Å². The van der Waals surface area contributed by atoms with E-state index in [2.05, 4.69) is 51.2 Å². The van der Waals surface area contributed by atoms with Gasteiger partial charge < -0.3 is 9.80 Å². The summed E-state index contributed by atoms with van der Waals surface area (Å²) in [6.07, 6.45) is 0. The van der Waals surface area contributed by atoms with E-state index < -0.39 is 0 Å². The largest absolute Gasteiger partial charge is 0.368 e. The van der Waals surface area contributed by atoms with Crippen LogP contribution in [-0.4, -0.2) is 36.4 Å². The molecule has 1 aliphatic heterocycles. The molecule has 4 nitrogen and oxygen atoms in total. The molecule has 0 amide bonds. The number of anilines is 2. The zero-order chi connectivity index (χ0) is 13.9. The van der Waals surface area contributed by atoms with Crippen LogP contribution in [0.5, 0.6) is 0 Å². The molecule has 1 aromatic heterocycles. The molecule has 2 heterocycles. The van der Waals surface area contributed by atoms with Gasteiger partial charge in [0.15, 0.2) is 11.0 Å². The summed E-state index contributed by atoms with van der Waals surface area (Å²) in [6, 6.07) is 12.4. The van der Waals surface area contributed by atoms with E-state index in [1.54, 1.807) is 6.07 Å². The summed E-state index contributed by atoms with van der Waals surface area (Å²) >= 11 is 5.77. The second kappa shape index (κ2) is 5.67. The zero-order valence-corrected chi connectivity index (χ0v) is 12.2. The Morgan fingerprint density at radius 3 is 2.35 bits per heavy atom. The van der Waals surface area contributed by atoms with Gasteiger partial charge >= 0.3 is 0 Å². The molecule has 0 atom stereocenters. The molecule has 1 fully saturated rings. The molecule has 104 valence electrons. The number of halogens is 1. The molecule has 2 aromatic rings. The van der Waals surface area contributed by atoms with E-state index >= 15 is 0 Å². The highest BCUT2D eigenvalue weighted by Crippen LogP contribution is 2.20. The monoisotopic (exact) mass is 288 g/mol. The summed E-state index contributed by atoms with van der Waals surface area (Å²) in [5, 5.41) is 8.48. The summed E-state index contributed by atoms with van der Waals surface area (Å²) in [5.41, 5.74) is 2.60. The van der Waals surface area contributed by atoms with Crippen molar-refractivity contribution >= 4 is 23.1 Å². The second-order valence-corrected chi connectivity index (χ2v) is 5.41. The first-order chi connectivity index (χ1) is 9.72. The molecule has 0 bridgehead atoms. The highest BCUT2D eigenvalue weighted by atomic mass is 35.5. The van der Waals surface area contributed by atoms with Gasteiger partial charge in [-0.2, -0.15) is 0 Å². The van der Waals surface area contributed by atoms with Crippen molar-refractivity contribution in [1.29, 1.82) is 0 Å². The topological polar surface area (TPSA) is 32.3 Å². The molecule has 1 aliphatic rings. The lowest BCUT2D eigenvalue weighted by Gasteiger charge is -2.36. The number of rotatable bonds is 2. The summed E-state index contributed by atoms with van der Waals surface area (Å²) in [5.74, 6) is 0.901. The number of piperazine rings is 1. The first-order valence-corrected chi connectivity index (χ1v) is 7.16. The molecule has 5 heteroatoms. The van der Waals surface area contributed by atoms with Gasteiger partial charge in [0, 0.05) is 31.9 Å². The minimum absolute atomic E-state index is 0.437. The number of aromatic nitrogens is 2. The van der Waals surface area contributed by atoms with Crippen LogP contribution in [0.1, 0.15) is 5.56 Å². The molecule has 0 unspecified atom stereocenters. The van der Waals surface area contributed by atoms with Gasteiger partial charge in [-0.3, -0.25) is 0 Å². The van der Waals surface area contributed by atoms with Crippen LogP contribution in [0.25, 0.3) is 0 Å². The second-order valence-electron chi connectivity index (χ2n) is 5.03. The predicted octanol–water partition coefficient (Wildman–Crippen LogP) is 2.77. The van der Waals surface area contributed by atoms with Gasteiger partial charge in [0.25, 0.3) is 0 Å². The van der Waals surface area contributed by atoms with Crippen molar-refractivity contribution in [3.63, 3.8) is 0 Å². The fraction of sp³-hybridized carbons (Fsp3) is 0.333. The van der Waals surface area contributed by atoms with Gasteiger partial charge in [-0.05, 0) is 36.8 Å². The normalized spacial score (nSPS) is 15.5. The van der Waals surface area contributed by atoms with Gasteiger partial charge in [0.1, 0.15) is 0 Å². The lowest BCUT2D eigenvalue weighted by Crippen LogP contribution is -2.46. The number of nitrogens with zero attached hydrogens (tertiary/aromatic N) is 4. The zero-order valence-electron chi connectivity index (χ0n) is 11.5. The van der Waals surface area contributed by atoms with Crippen molar-refractivity contribution in [2.75, 3.05) is 36.0 Å². The van der Waals surface area contributed by atoms with Crippen molar-refractivity contribution in [3.05, 3.63) is 47.1 Å². The molecule has 1 aromatic carbocycles. The van der Waals surface area contributed by atoms with Crippen LogP contribution in [0, 0.1) is 6.92 Å². The molecule has 0 saturated carbocycles. The highest BCUT2D eigenvalue weighted by molar-refractivity contribution is 6.29. The fourth-order valence-corrected chi connectivity index (χ4v) is 2.60. The van der Waals surface area contributed by atoms with Gasteiger partial charge in [-0.25, -0.2) is 0 Å². The van der Waals surface area contributed by atoms with Crippen LogP contribution < -0.4 is 9.80 Å². The highest BCUT2D eigenvalue weighted by Gasteiger charge is 2.18. The third-order valence-electron chi connectivity index (χ3n) is 3.59. The maximum absolute atomic E-state index is 5.77. The van der Waals surface area contributed by atoms with E-state index in [0.717, 1.165) is 32.0 Å². The first-order valence-electron chi connectivity index (χ1n) is 6.78. The van der Waals surface area contributed by atoms with Crippen LogP contribution in [-0.2, 0) is 0 Å². The average Bonchev–Trinajstić information content (AvgIpc) is 2.48. The number of benzene rings is 1. The van der Waals surface area contributed by atoms with Crippen molar-refractivity contribution in [1.82, 2.24) is 10.2 Å². The first kappa shape index (κ1) is 13.2. The van der Waals surface area contributed by atoms with Gasteiger partial charge in [0.2, 0.25) is 0 Å². The van der Waals surface area contributed by atoms with Crippen LogP contribution in [0.3, 0.4) is 0 Å².